The zero-order valence-corrected chi connectivity index (χ0v) is 10.4. The van der Waals surface area contributed by atoms with Gasteiger partial charge in [0.25, 0.3) is 0 Å². The number of anilines is 1. The van der Waals surface area contributed by atoms with E-state index in [2.05, 4.69) is 19.4 Å². The van der Waals surface area contributed by atoms with Gasteiger partial charge in [0, 0.05) is 5.69 Å². The van der Waals surface area contributed by atoms with Crippen LogP contribution in [0.2, 0.25) is 0 Å². The van der Waals surface area contributed by atoms with Crippen LogP contribution in [0, 0.1) is 11.3 Å². The average Bonchev–Trinajstić information content (AvgIpc) is 2.89. The van der Waals surface area contributed by atoms with Crippen molar-refractivity contribution in [1.82, 2.24) is 14.9 Å². The largest absolute Gasteiger partial charge is 0.399 e. The number of aromatic nitrogens is 2. The van der Waals surface area contributed by atoms with Gasteiger partial charge in [0.1, 0.15) is 6.07 Å². The molecule has 1 heterocycles. The molecule has 0 spiro atoms. The van der Waals surface area contributed by atoms with E-state index in [1.807, 2.05) is 0 Å². The van der Waals surface area contributed by atoms with Crippen molar-refractivity contribution in [3.63, 3.8) is 0 Å². The molecule has 9 heteroatoms. The number of nitrogen functional groups attached to an aromatic ring is 1. The van der Waals surface area contributed by atoms with E-state index in [0.29, 0.717) is 5.69 Å². The van der Waals surface area contributed by atoms with E-state index in [-0.39, 0.29) is 22.8 Å². The Morgan fingerprint density at radius 1 is 1.47 bits per heavy atom. The second kappa shape index (κ2) is 5.05. The number of benzene rings is 1. The maximum atomic E-state index is 12.0. The number of nitrogens with one attached hydrogen (secondary N) is 1. The lowest BCUT2D eigenvalue weighted by molar-refractivity contribution is 0.409. The van der Waals surface area contributed by atoms with E-state index in [1.54, 1.807) is 6.07 Å². The Hall–Kier alpha value is -2.44. The second-order valence-corrected chi connectivity index (χ2v) is 5.27. The van der Waals surface area contributed by atoms with E-state index >= 15 is 0 Å². The summed E-state index contributed by atoms with van der Waals surface area (Å²) in [5, 5.41) is 12.4. The first-order valence-corrected chi connectivity index (χ1v) is 6.56. The fourth-order valence-corrected chi connectivity index (χ4v) is 2.49. The standard InChI is InChI=1S/C10H9N5O3S/c11-4-7-3-8(12)1-2-9(7)19(16,17)14-5-10-13-6-18-15-10/h1-3,6,14H,5,12H2. The number of hydrogen-bond acceptors (Lipinski definition) is 7. The van der Waals surface area contributed by atoms with Gasteiger partial charge in [0.2, 0.25) is 16.4 Å². The van der Waals surface area contributed by atoms with Gasteiger partial charge in [0.15, 0.2) is 5.82 Å². The van der Waals surface area contributed by atoms with Crippen LogP contribution in [0.4, 0.5) is 5.69 Å². The molecule has 3 N–H and O–H groups in total. The van der Waals surface area contributed by atoms with Crippen LogP contribution in [-0.2, 0) is 16.6 Å². The minimum absolute atomic E-state index is 0.0272. The second-order valence-electron chi connectivity index (χ2n) is 3.54. The van der Waals surface area contributed by atoms with Crippen molar-refractivity contribution in [2.24, 2.45) is 0 Å². The van der Waals surface area contributed by atoms with Crippen LogP contribution in [0.25, 0.3) is 0 Å². The first-order chi connectivity index (χ1) is 9.03. The summed E-state index contributed by atoms with van der Waals surface area (Å²) in [6.07, 6.45) is 1.09. The molecule has 2 aromatic rings. The first-order valence-electron chi connectivity index (χ1n) is 5.07. The summed E-state index contributed by atoms with van der Waals surface area (Å²) in [6.45, 7) is -0.131. The van der Waals surface area contributed by atoms with Crippen molar-refractivity contribution in [2.75, 3.05) is 5.73 Å². The fourth-order valence-electron chi connectivity index (χ4n) is 1.38. The third kappa shape index (κ3) is 2.87. The number of rotatable bonds is 4. The zero-order chi connectivity index (χ0) is 13.9. The summed E-state index contributed by atoms with van der Waals surface area (Å²) in [4.78, 5) is 3.53. The number of nitrogens with two attached hydrogens (primary N) is 1. The third-order valence-corrected chi connectivity index (χ3v) is 3.70. The Morgan fingerprint density at radius 2 is 2.26 bits per heavy atom. The van der Waals surface area contributed by atoms with E-state index < -0.39 is 10.0 Å². The van der Waals surface area contributed by atoms with E-state index in [4.69, 9.17) is 11.0 Å². The Labute approximate surface area is 108 Å². The molecule has 2 rings (SSSR count). The van der Waals surface area contributed by atoms with Gasteiger partial charge in [-0.05, 0) is 18.2 Å². The van der Waals surface area contributed by atoms with Crippen LogP contribution in [0.15, 0.2) is 34.0 Å². The Morgan fingerprint density at radius 3 is 2.89 bits per heavy atom. The van der Waals surface area contributed by atoms with Crippen molar-refractivity contribution < 1.29 is 12.9 Å². The lowest BCUT2D eigenvalue weighted by Gasteiger charge is -2.07. The molecule has 0 aliphatic rings. The zero-order valence-electron chi connectivity index (χ0n) is 9.57. The highest BCUT2D eigenvalue weighted by Crippen LogP contribution is 2.18. The average molecular weight is 279 g/mol. The van der Waals surface area contributed by atoms with Gasteiger partial charge >= 0.3 is 0 Å². The van der Waals surface area contributed by atoms with Crippen molar-refractivity contribution in [3.8, 4) is 6.07 Å². The highest BCUT2D eigenvalue weighted by Gasteiger charge is 2.19. The molecule has 98 valence electrons. The van der Waals surface area contributed by atoms with Gasteiger partial charge in [-0.15, -0.1) is 0 Å². The summed E-state index contributed by atoms with van der Waals surface area (Å²) in [5.41, 5.74) is 5.79. The molecule has 8 nitrogen and oxygen atoms in total. The van der Waals surface area contributed by atoms with E-state index in [1.165, 1.54) is 18.2 Å². The van der Waals surface area contributed by atoms with Gasteiger partial charge in [0.05, 0.1) is 17.0 Å². The molecule has 0 radical (unpaired) electrons. The maximum absolute atomic E-state index is 12.0. The Bertz CT molecular complexity index is 718. The lowest BCUT2D eigenvalue weighted by Crippen LogP contribution is -2.24. The Kier molecular flexibility index (Phi) is 3.46. The lowest BCUT2D eigenvalue weighted by atomic mass is 10.2. The van der Waals surface area contributed by atoms with Crippen LogP contribution in [0.3, 0.4) is 0 Å². The highest BCUT2D eigenvalue weighted by molar-refractivity contribution is 7.89. The molecule has 0 unspecified atom stereocenters. The molecule has 0 bridgehead atoms. The molecule has 1 aromatic heterocycles. The van der Waals surface area contributed by atoms with Crippen LogP contribution in [0.1, 0.15) is 11.4 Å². The van der Waals surface area contributed by atoms with Gasteiger partial charge < -0.3 is 10.3 Å². The molecule has 0 aliphatic heterocycles. The summed E-state index contributed by atoms with van der Waals surface area (Å²) in [5.74, 6) is 0.192. The molecule has 0 saturated heterocycles. The van der Waals surface area contributed by atoms with Gasteiger partial charge in [-0.1, -0.05) is 5.16 Å². The van der Waals surface area contributed by atoms with E-state index in [0.717, 1.165) is 6.39 Å². The van der Waals surface area contributed by atoms with Crippen molar-refractivity contribution in [1.29, 1.82) is 5.26 Å². The predicted molar refractivity (Wildman–Crippen MR) is 63.9 cm³/mol. The molecule has 0 aliphatic carbocycles. The van der Waals surface area contributed by atoms with Crippen LogP contribution >= 0.6 is 0 Å². The fraction of sp³-hybridized carbons (Fsp3) is 0.100. The molecule has 19 heavy (non-hydrogen) atoms. The quantitative estimate of drug-likeness (QED) is 0.752. The minimum atomic E-state index is -3.85. The summed E-state index contributed by atoms with van der Waals surface area (Å²) in [6, 6.07) is 5.76. The summed E-state index contributed by atoms with van der Waals surface area (Å²) < 4.78 is 30.8. The summed E-state index contributed by atoms with van der Waals surface area (Å²) >= 11 is 0. The smallest absolute Gasteiger partial charge is 0.242 e. The number of hydrogen-bond donors (Lipinski definition) is 2. The van der Waals surface area contributed by atoms with Crippen molar-refractivity contribution in [2.45, 2.75) is 11.4 Å². The molecular formula is C10H9N5O3S. The number of sulfonamides is 1. The molecule has 1 aromatic carbocycles. The normalized spacial score (nSPS) is 11.1. The molecule has 0 fully saturated rings. The Balaban J connectivity index is 2.27. The molecule has 0 atom stereocenters. The minimum Gasteiger partial charge on any atom is -0.399 e. The molecular weight excluding hydrogens is 270 g/mol. The van der Waals surface area contributed by atoms with Gasteiger partial charge in [-0.25, -0.2) is 13.1 Å². The SMILES string of the molecule is N#Cc1cc(N)ccc1S(=O)(=O)NCc1ncon1. The van der Waals surface area contributed by atoms with E-state index in [9.17, 15) is 8.42 Å². The number of nitriles is 1. The van der Waals surface area contributed by atoms with Crippen LogP contribution in [0.5, 0.6) is 0 Å². The van der Waals surface area contributed by atoms with Crippen molar-refractivity contribution in [3.05, 3.63) is 36.0 Å². The van der Waals surface area contributed by atoms with Crippen LogP contribution in [-0.4, -0.2) is 18.6 Å². The third-order valence-electron chi connectivity index (χ3n) is 2.24. The highest BCUT2D eigenvalue weighted by atomic mass is 32.2. The van der Waals surface area contributed by atoms with Crippen molar-refractivity contribution >= 4 is 15.7 Å². The van der Waals surface area contributed by atoms with Gasteiger partial charge in [-0.3, -0.25) is 0 Å². The van der Waals surface area contributed by atoms with Crippen LogP contribution < -0.4 is 10.5 Å². The molecule has 0 saturated carbocycles. The number of nitrogens with zero attached hydrogens (tertiary/aromatic N) is 3. The topological polar surface area (TPSA) is 135 Å². The maximum Gasteiger partial charge on any atom is 0.242 e. The molecule has 0 amide bonds. The first kappa shape index (κ1) is 13.0. The summed E-state index contributed by atoms with van der Waals surface area (Å²) in [7, 11) is -3.85. The monoisotopic (exact) mass is 279 g/mol. The van der Waals surface area contributed by atoms with Gasteiger partial charge in [-0.2, -0.15) is 10.2 Å². The predicted octanol–water partition coefficient (Wildman–Crippen LogP) is 0.00198.